The minimum absolute atomic E-state index is 0.502. The van der Waals surface area contributed by atoms with Gasteiger partial charge in [0, 0.05) is 44.7 Å². The van der Waals surface area contributed by atoms with Crippen molar-refractivity contribution in [2.45, 2.75) is 71.6 Å². The molecule has 0 bridgehead atoms. The lowest BCUT2D eigenvalue weighted by molar-refractivity contribution is 0.167. The SMILES string of the molecule is CCNC(=NCc1nnc2n1CCC2)NC1CCN(C(C)C)CC1. The summed E-state index contributed by atoms with van der Waals surface area (Å²) in [6.07, 6.45) is 4.56. The Bertz CT molecular complexity index is 555. The van der Waals surface area contributed by atoms with E-state index in [0.717, 1.165) is 50.2 Å². The molecular weight excluding hydrogens is 302 g/mol. The molecule has 3 heterocycles. The first kappa shape index (κ1) is 17.2. The Hall–Kier alpha value is -1.63. The summed E-state index contributed by atoms with van der Waals surface area (Å²) >= 11 is 0. The number of piperidine rings is 1. The van der Waals surface area contributed by atoms with E-state index in [1.807, 2.05) is 0 Å². The molecule has 3 rings (SSSR count). The summed E-state index contributed by atoms with van der Waals surface area (Å²) < 4.78 is 2.22. The maximum absolute atomic E-state index is 4.74. The number of guanidine groups is 1. The first-order valence-corrected chi connectivity index (χ1v) is 9.37. The Kier molecular flexibility index (Phi) is 5.71. The fourth-order valence-electron chi connectivity index (χ4n) is 3.55. The third-order valence-corrected chi connectivity index (χ3v) is 5.01. The van der Waals surface area contributed by atoms with Crippen LogP contribution in [0.2, 0.25) is 0 Å². The maximum Gasteiger partial charge on any atom is 0.191 e. The molecule has 1 fully saturated rings. The number of aryl methyl sites for hydroxylation is 1. The van der Waals surface area contributed by atoms with Gasteiger partial charge in [-0.2, -0.15) is 0 Å². The fourth-order valence-corrected chi connectivity index (χ4v) is 3.55. The highest BCUT2D eigenvalue weighted by Crippen LogP contribution is 2.15. The van der Waals surface area contributed by atoms with Gasteiger partial charge in [-0.15, -0.1) is 10.2 Å². The summed E-state index contributed by atoms with van der Waals surface area (Å²) in [5, 5.41) is 15.5. The molecule has 0 saturated carbocycles. The van der Waals surface area contributed by atoms with Crippen molar-refractivity contribution in [1.29, 1.82) is 0 Å². The average Bonchev–Trinajstić information content (AvgIpc) is 3.17. The second kappa shape index (κ2) is 7.96. The Morgan fingerprint density at radius 1 is 1.25 bits per heavy atom. The first-order chi connectivity index (χ1) is 11.7. The van der Waals surface area contributed by atoms with E-state index < -0.39 is 0 Å². The van der Waals surface area contributed by atoms with Crippen LogP contribution in [0.4, 0.5) is 0 Å². The number of rotatable bonds is 5. The van der Waals surface area contributed by atoms with E-state index in [0.29, 0.717) is 18.6 Å². The number of nitrogens with zero attached hydrogens (tertiary/aromatic N) is 5. The zero-order valence-corrected chi connectivity index (χ0v) is 15.3. The van der Waals surface area contributed by atoms with Crippen molar-refractivity contribution >= 4 is 5.96 Å². The van der Waals surface area contributed by atoms with Gasteiger partial charge >= 0.3 is 0 Å². The standard InChI is InChI=1S/C17H31N7/c1-4-18-17(20-14-7-10-23(11-8-14)13(2)3)19-12-16-22-21-15-6-5-9-24(15)16/h13-14H,4-12H2,1-3H3,(H2,18,19,20). The van der Waals surface area contributed by atoms with E-state index in [-0.39, 0.29) is 0 Å². The van der Waals surface area contributed by atoms with Crippen LogP contribution in [0.5, 0.6) is 0 Å². The number of nitrogens with one attached hydrogen (secondary N) is 2. The van der Waals surface area contributed by atoms with Crippen LogP contribution in [0.25, 0.3) is 0 Å². The molecule has 0 aromatic carbocycles. The Balaban J connectivity index is 1.56. The quantitative estimate of drug-likeness (QED) is 0.625. The molecule has 0 aliphatic carbocycles. The fraction of sp³-hybridized carbons (Fsp3) is 0.824. The summed E-state index contributed by atoms with van der Waals surface area (Å²) in [6, 6.07) is 1.14. The van der Waals surface area contributed by atoms with Crippen LogP contribution in [-0.4, -0.2) is 57.3 Å². The number of hydrogen-bond acceptors (Lipinski definition) is 4. The number of likely N-dealkylation sites (tertiary alicyclic amines) is 1. The van der Waals surface area contributed by atoms with E-state index in [1.54, 1.807) is 0 Å². The van der Waals surface area contributed by atoms with Crippen LogP contribution in [0.15, 0.2) is 4.99 Å². The van der Waals surface area contributed by atoms with Crippen LogP contribution < -0.4 is 10.6 Å². The van der Waals surface area contributed by atoms with Crippen LogP contribution in [0.3, 0.4) is 0 Å². The van der Waals surface area contributed by atoms with E-state index >= 15 is 0 Å². The van der Waals surface area contributed by atoms with Crippen LogP contribution in [-0.2, 0) is 19.5 Å². The van der Waals surface area contributed by atoms with Gasteiger partial charge in [-0.25, -0.2) is 4.99 Å². The minimum Gasteiger partial charge on any atom is -0.357 e. The number of aliphatic imine (C=N–C) groups is 1. The van der Waals surface area contributed by atoms with Crippen LogP contribution >= 0.6 is 0 Å². The smallest absolute Gasteiger partial charge is 0.191 e. The van der Waals surface area contributed by atoms with Gasteiger partial charge in [0.05, 0.1) is 0 Å². The largest absolute Gasteiger partial charge is 0.357 e. The monoisotopic (exact) mass is 333 g/mol. The van der Waals surface area contributed by atoms with Crippen molar-refractivity contribution in [2.24, 2.45) is 4.99 Å². The summed E-state index contributed by atoms with van der Waals surface area (Å²) in [7, 11) is 0. The second-order valence-electron chi connectivity index (χ2n) is 7.03. The van der Waals surface area contributed by atoms with Crippen molar-refractivity contribution in [3.8, 4) is 0 Å². The van der Waals surface area contributed by atoms with Gasteiger partial charge in [0.1, 0.15) is 12.4 Å². The van der Waals surface area contributed by atoms with Crippen molar-refractivity contribution in [3.05, 3.63) is 11.6 Å². The highest BCUT2D eigenvalue weighted by Gasteiger charge is 2.21. The van der Waals surface area contributed by atoms with Crippen molar-refractivity contribution in [3.63, 3.8) is 0 Å². The van der Waals surface area contributed by atoms with E-state index in [9.17, 15) is 0 Å². The molecule has 7 heteroatoms. The zero-order chi connectivity index (χ0) is 16.9. The Morgan fingerprint density at radius 2 is 2.04 bits per heavy atom. The number of aromatic nitrogens is 3. The predicted molar refractivity (Wildman–Crippen MR) is 96.0 cm³/mol. The molecule has 0 spiro atoms. The first-order valence-electron chi connectivity index (χ1n) is 9.37. The molecule has 0 unspecified atom stereocenters. The highest BCUT2D eigenvalue weighted by molar-refractivity contribution is 5.80. The molecule has 1 aromatic heterocycles. The van der Waals surface area contributed by atoms with Gasteiger partial charge in [0.2, 0.25) is 0 Å². The maximum atomic E-state index is 4.74. The molecule has 1 saturated heterocycles. The lowest BCUT2D eigenvalue weighted by Gasteiger charge is -2.35. The molecule has 24 heavy (non-hydrogen) atoms. The number of fused-ring (bicyclic) bond motifs is 1. The van der Waals surface area contributed by atoms with E-state index in [4.69, 9.17) is 4.99 Å². The molecule has 2 N–H and O–H groups in total. The summed E-state index contributed by atoms with van der Waals surface area (Å²) in [5.74, 6) is 2.99. The van der Waals surface area contributed by atoms with Gasteiger partial charge in [0.25, 0.3) is 0 Å². The Morgan fingerprint density at radius 3 is 2.75 bits per heavy atom. The van der Waals surface area contributed by atoms with Gasteiger partial charge in [0.15, 0.2) is 11.8 Å². The minimum atomic E-state index is 0.502. The Labute approximate surface area is 144 Å². The highest BCUT2D eigenvalue weighted by atomic mass is 15.3. The molecular formula is C17H31N7. The second-order valence-corrected chi connectivity index (χ2v) is 7.03. The topological polar surface area (TPSA) is 70.4 Å². The molecule has 1 aromatic rings. The van der Waals surface area contributed by atoms with Gasteiger partial charge < -0.3 is 20.1 Å². The molecule has 2 aliphatic heterocycles. The third kappa shape index (κ3) is 4.06. The van der Waals surface area contributed by atoms with Crippen molar-refractivity contribution in [1.82, 2.24) is 30.3 Å². The van der Waals surface area contributed by atoms with Crippen LogP contribution in [0.1, 0.15) is 51.7 Å². The summed E-state index contributed by atoms with van der Waals surface area (Å²) in [4.78, 5) is 7.28. The van der Waals surface area contributed by atoms with Gasteiger partial charge in [-0.3, -0.25) is 0 Å². The van der Waals surface area contributed by atoms with Crippen molar-refractivity contribution in [2.75, 3.05) is 19.6 Å². The van der Waals surface area contributed by atoms with Crippen molar-refractivity contribution < 1.29 is 0 Å². The van der Waals surface area contributed by atoms with Gasteiger partial charge in [-0.1, -0.05) is 0 Å². The summed E-state index contributed by atoms with van der Waals surface area (Å²) in [5.41, 5.74) is 0. The lowest BCUT2D eigenvalue weighted by atomic mass is 10.0. The van der Waals surface area contributed by atoms with Crippen LogP contribution in [0, 0.1) is 0 Å². The van der Waals surface area contributed by atoms with E-state index in [1.165, 1.54) is 19.3 Å². The number of hydrogen-bond donors (Lipinski definition) is 2. The van der Waals surface area contributed by atoms with Gasteiger partial charge in [-0.05, 0) is 40.0 Å². The normalized spacial score (nSPS) is 19.8. The average molecular weight is 333 g/mol. The molecule has 0 amide bonds. The molecule has 0 radical (unpaired) electrons. The van der Waals surface area contributed by atoms with E-state index in [2.05, 4.69) is 51.1 Å². The molecule has 7 nitrogen and oxygen atoms in total. The molecule has 2 aliphatic rings. The molecule has 134 valence electrons. The zero-order valence-electron chi connectivity index (χ0n) is 15.3. The summed E-state index contributed by atoms with van der Waals surface area (Å²) in [6.45, 7) is 11.5. The predicted octanol–water partition coefficient (Wildman–Crippen LogP) is 1.15. The third-order valence-electron chi connectivity index (χ3n) is 5.01. The molecule has 0 atom stereocenters. The lowest BCUT2D eigenvalue weighted by Crippen LogP contribution is -2.49.